The van der Waals surface area contributed by atoms with Crippen molar-refractivity contribution in [2.75, 3.05) is 32.8 Å². The fourth-order valence-electron chi connectivity index (χ4n) is 3.37. The van der Waals surface area contributed by atoms with Gasteiger partial charge < -0.3 is 10.1 Å². The quantitative estimate of drug-likeness (QED) is 0.787. The largest absolute Gasteiger partial charge is 0.381 e. The van der Waals surface area contributed by atoms with E-state index in [1.54, 1.807) is 0 Å². The molecule has 0 aromatic carbocycles. The van der Waals surface area contributed by atoms with E-state index in [2.05, 4.69) is 24.1 Å². The minimum Gasteiger partial charge on any atom is -0.381 e. The second-order valence-electron chi connectivity index (χ2n) is 6.02. The highest BCUT2D eigenvalue weighted by atomic mass is 16.5. The Morgan fingerprint density at radius 2 is 2.06 bits per heavy atom. The van der Waals surface area contributed by atoms with Gasteiger partial charge in [0.15, 0.2) is 0 Å². The third-order valence-electron chi connectivity index (χ3n) is 4.39. The van der Waals surface area contributed by atoms with Crippen LogP contribution in [0.3, 0.4) is 0 Å². The molecule has 0 aromatic heterocycles. The van der Waals surface area contributed by atoms with E-state index < -0.39 is 0 Å². The van der Waals surface area contributed by atoms with Crippen LogP contribution in [0.4, 0.5) is 0 Å². The van der Waals surface area contributed by atoms with Crippen LogP contribution in [0.2, 0.25) is 0 Å². The molecule has 2 rings (SSSR count). The molecule has 3 atom stereocenters. The summed E-state index contributed by atoms with van der Waals surface area (Å²) in [5.41, 5.74) is 0. The van der Waals surface area contributed by atoms with Crippen LogP contribution in [0.25, 0.3) is 0 Å². The number of hydrogen-bond donors (Lipinski definition) is 1. The zero-order chi connectivity index (χ0) is 12.8. The molecule has 0 amide bonds. The van der Waals surface area contributed by atoms with E-state index in [0.29, 0.717) is 6.04 Å². The average molecular weight is 254 g/mol. The van der Waals surface area contributed by atoms with E-state index in [0.717, 1.165) is 25.2 Å². The monoisotopic (exact) mass is 254 g/mol. The average Bonchev–Trinajstić information content (AvgIpc) is 2.86. The lowest BCUT2D eigenvalue weighted by molar-refractivity contribution is 0.0938. The molecule has 2 heterocycles. The smallest absolute Gasteiger partial charge is 0.0507 e. The standard InChI is InChI=1S/C15H30N2O/c1-3-5-14-11-17(10-13-7-8-18-12-13)15(6-4-2)9-16-14/h13-16H,3-12H2,1-2H3. The summed E-state index contributed by atoms with van der Waals surface area (Å²) >= 11 is 0. The maximum atomic E-state index is 5.53. The van der Waals surface area contributed by atoms with E-state index >= 15 is 0 Å². The highest BCUT2D eigenvalue weighted by molar-refractivity contribution is 4.87. The molecule has 3 nitrogen and oxygen atoms in total. The molecule has 3 unspecified atom stereocenters. The molecule has 0 bridgehead atoms. The summed E-state index contributed by atoms with van der Waals surface area (Å²) in [5, 5.41) is 3.74. The number of rotatable bonds is 6. The fraction of sp³-hybridized carbons (Fsp3) is 1.00. The number of piperazine rings is 1. The second kappa shape index (κ2) is 7.46. The number of nitrogens with zero attached hydrogens (tertiary/aromatic N) is 1. The summed E-state index contributed by atoms with van der Waals surface area (Å²) in [5.74, 6) is 0.782. The van der Waals surface area contributed by atoms with E-state index in [4.69, 9.17) is 4.74 Å². The summed E-state index contributed by atoms with van der Waals surface area (Å²) in [7, 11) is 0. The van der Waals surface area contributed by atoms with Crippen molar-refractivity contribution in [3.63, 3.8) is 0 Å². The van der Waals surface area contributed by atoms with Gasteiger partial charge in [0.1, 0.15) is 0 Å². The van der Waals surface area contributed by atoms with Crippen LogP contribution in [0.5, 0.6) is 0 Å². The van der Waals surface area contributed by atoms with Gasteiger partial charge in [-0.25, -0.2) is 0 Å². The van der Waals surface area contributed by atoms with E-state index in [-0.39, 0.29) is 0 Å². The summed E-state index contributed by atoms with van der Waals surface area (Å²) in [6, 6.07) is 1.47. The molecule has 3 heteroatoms. The van der Waals surface area contributed by atoms with Crippen molar-refractivity contribution in [3.8, 4) is 0 Å². The number of nitrogens with one attached hydrogen (secondary N) is 1. The van der Waals surface area contributed by atoms with Crippen LogP contribution in [-0.4, -0.2) is 49.8 Å². The molecule has 0 aliphatic carbocycles. The van der Waals surface area contributed by atoms with E-state index in [9.17, 15) is 0 Å². The first-order valence-electron chi connectivity index (χ1n) is 7.88. The molecule has 0 saturated carbocycles. The molecule has 0 spiro atoms. The first kappa shape index (κ1) is 14.3. The molecule has 2 aliphatic heterocycles. The van der Waals surface area contributed by atoms with E-state index in [1.165, 1.54) is 51.7 Å². The van der Waals surface area contributed by atoms with Gasteiger partial charge in [-0.1, -0.05) is 26.7 Å². The number of hydrogen-bond acceptors (Lipinski definition) is 3. The van der Waals surface area contributed by atoms with Crippen molar-refractivity contribution in [2.45, 2.75) is 58.0 Å². The predicted molar refractivity (Wildman–Crippen MR) is 75.9 cm³/mol. The second-order valence-corrected chi connectivity index (χ2v) is 6.02. The minimum atomic E-state index is 0.713. The maximum absolute atomic E-state index is 5.53. The Bertz CT molecular complexity index is 229. The van der Waals surface area contributed by atoms with Crippen LogP contribution in [0.15, 0.2) is 0 Å². The van der Waals surface area contributed by atoms with Crippen molar-refractivity contribution in [1.82, 2.24) is 10.2 Å². The van der Waals surface area contributed by atoms with Crippen LogP contribution in [-0.2, 0) is 4.74 Å². The molecule has 2 fully saturated rings. The molecule has 18 heavy (non-hydrogen) atoms. The van der Waals surface area contributed by atoms with Crippen molar-refractivity contribution < 1.29 is 4.74 Å². The zero-order valence-corrected chi connectivity index (χ0v) is 12.2. The summed E-state index contributed by atoms with van der Waals surface area (Å²) < 4.78 is 5.53. The van der Waals surface area contributed by atoms with Crippen molar-refractivity contribution in [1.29, 1.82) is 0 Å². The zero-order valence-electron chi connectivity index (χ0n) is 12.2. The molecule has 1 N–H and O–H groups in total. The summed E-state index contributed by atoms with van der Waals surface area (Å²) in [4.78, 5) is 2.75. The van der Waals surface area contributed by atoms with Gasteiger partial charge in [0, 0.05) is 38.3 Å². The van der Waals surface area contributed by atoms with Gasteiger partial charge in [-0.2, -0.15) is 0 Å². The third kappa shape index (κ3) is 3.94. The first-order chi connectivity index (χ1) is 8.83. The van der Waals surface area contributed by atoms with Gasteiger partial charge in [-0.3, -0.25) is 4.90 Å². The van der Waals surface area contributed by atoms with Crippen molar-refractivity contribution in [2.24, 2.45) is 5.92 Å². The van der Waals surface area contributed by atoms with Crippen LogP contribution in [0.1, 0.15) is 46.0 Å². The normalized spacial score (nSPS) is 34.0. The molecule has 2 saturated heterocycles. The van der Waals surface area contributed by atoms with Crippen LogP contribution >= 0.6 is 0 Å². The minimum absolute atomic E-state index is 0.713. The molecule has 0 radical (unpaired) electrons. The van der Waals surface area contributed by atoms with Crippen molar-refractivity contribution in [3.05, 3.63) is 0 Å². The Morgan fingerprint density at radius 1 is 1.22 bits per heavy atom. The maximum Gasteiger partial charge on any atom is 0.0507 e. The fourth-order valence-corrected chi connectivity index (χ4v) is 3.37. The van der Waals surface area contributed by atoms with Gasteiger partial charge in [-0.05, 0) is 25.2 Å². The topological polar surface area (TPSA) is 24.5 Å². The molecule has 106 valence electrons. The first-order valence-corrected chi connectivity index (χ1v) is 7.88. The van der Waals surface area contributed by atoms with Gasteiger partial charge in [0.2, 0.25) is 0 Å². The van der Waals surface area contributed by atoms with Gasteiger partial charge >= 0.3 is 0 Å². The number of ether oxygens (including phenoxy) is 1. The lowest BCUT2D eigenvalue weighted by Gasteiger charge is -2.41. The van der Waals surface area contributed by atoms with E-state index in [1.807, 2.05) is 0 Å². The Labute approximate surface area is 112 Å². The molecular formula is C15H30N2O. The van der Waals surface area contributed by atoms with Gasteiger partial charge in [0.05, 0.1) is 6.61 Å². The SMILES string of the molecule is CCCC1CN(CC2CCOC2)C(CCC)CN1. The summed E-state index contributed by atoms with van der Waals surface area (Å²) in [6.45, 7) is 10.2. The molecular weight excluding hydrogens is 224 g/mol. The Balaban J connectivity index is 1.86. The lowest BCUT2D eigenvalue weighted by Crippen LogP contribution is -2.57. The summed E-state index contributed by atoms with van der Waals surface area (Å²) in [6.07, 6.45) is 6.50. The predicted octanol–water partition coefficient (Wildman–Crippen LogP) is 2.27. The highest BCUT2D eigenvalue weighted by Crippen LogP contribution is 2.20. The Morgan fingerprint density at radius 3 is 2.72 bits per heavy atom. The Hall–Kier alpha value is -0.120. The van der Waals surface area contributed by atoms with Crippen LogP contribution in [0, 0.1) is 5.92 Å². The van der Waals surface area contributed by atoms with Crippen molar-refractivity contribution >= 4 is 0 Å². The Kier molecular flexibility index (Phi) is 5.93. The van der Waals surface area contributed by atoms with Gasteiger partial charge in [0.25, 0.3) is 0 Å². The molecule has 2 aliphatic rings. The highest BCUT2D eigenvalue weighted by Gasteiger charge is 2.29. The lowest BCUT2D eigenvalue weighted by atomic mass is 9.99. The van der Waals surface area contributed by atoms with Crippen LogP contribution < -0.4 is 5.32 Å². The molecule has 0 aromatic rings. The van der Waals surface area contributed by atoms with Gasteiger partial charge in [-0.15, -0.1) is 0 Å². The third-order valence-corrected chi connectivity index (χ3v) is 4.39.